The zero-order chi connectivity index (χ0) is 17.6. The summed E-state index contributed by atoms with van der Waals surface area (Å²) in [5.41, 5.74) is 7.22. The molecule has 0 atom stereocenters. The number of nitrogens with two attached hydrogens (primary N) is 1. The van der Waals surface area contributed by atoms with Crippen molar-refractivity contribution >= 4 is 53.0 Å². The predicted octanol–water partition coefficient (Wildman–Crippen LogP) is 3.46. The van der Waals surface area contributed by atoms with Crippen molar-refractivity contribution in [3.63, 3.8) is 0 Å². The first-order chi connectivity index (χ1) is 12.1. The molecule has 2 amide bonds. The van der Waals surface area contributed by atoms with Crippen LogP contribution in [0.1, 0.15) is 23.2 Å². The topological polar surface area (TPSA) is 75.4 Å². The fraction of sp³-hybridized carbons (Fsp3) is 0.333. The van der Waals surface area contributed by atoms with E-state index in [0.717, 1.165) is 17.1 Å². The van der Waals surface area contributed by atoms with Gasteiger partial charge in [-0.2, -0.15) is 0 Å². The van der Waals surface area contributed by atoms with E-state index in [0.29, 0.717) is 30.1 Å². The van der Waals surface area contributed by atoms with E-state index in [2.05, 4.69) is 5.32 Å². The van der Waals surface area contributed by atoms with Gasteiger partial charge in [0.1, 0.15) is 0 Å². The average molecular weight is 412 g/mol. The minimum Gasteiger partial charge on any atom is -0.339 e. The van der Waals surface area contributed by atoms with Gasteiger partial charge in [-0.05, 0) is 48.6 Å². The fourth-order valence-corrected chi connectivity index (χ4v) is 4.24. The zero-order valence-electron chi connectivity index (χ0n) is 14.2. The molecule has 26 heavy (non-hydrogen) atoms. The maximum atomic E-state index is 12.5. The lowest BCUT2D eigenvalue weighted by Crippen LogP contribution is -2.42. The summed E-state index contributed by atoms with van der Waals surface area (Å²) in [5.74, 6) is 0.343. The van der Waals surface area contributed by atoms with Crippen molar-refractivity contribution in [1.82, 2.24) is 4.90 Å². The Balaban J connectivity index is 0.00000243. The van der Waals surface area contributed by atoms with E-state index >= 15 is 0 Å². The van der Waals surface area contributed by atoms with Gasteiger partial charge in [0.05, 0.1) is 9.96 Å². The third-order valence-corrected chi connectivity index (χ3v) is 6.21. The summed E-state index contributed by atoms with van der Waals surface area (Å²) < 4.78 is 1.12. The molecule has 2 heterocycles. The predicted molar refractivity (Wildman–Crippen MR) is 110 cm³/mol. The molecule has 0 aliphatic carbocycles. The van der Waals surface area contributed by atoms with Gasteiger partial charge in [0.2, 0.25) is 5.91 Å². The Morgan fingerprint density at radius 3 is 2.50 bits per heavy atom. The molecular weight excluding hydrogens is 390 g/mol. The number of benzene rings is 1. The van der Waals surface area contributed by atoms with Crippen LogP contribution in [0.4, 0.5) is 5.69 Å². The van der Waals surface area contributed by atoms with Crippen LogP contribution in [0.15, 0.2) is 46.0 Å². The Morgan fingerprint density at radius 1 is 1.19 bits per heavy atom. The van der Waals surface area contributed by atoms with Crippen LogP contribution >= 0.6 is 35.5 Å². The van der Waals surface area contributed by atoms with Gasteiger partial charge in [-0.25, -0.2) is 0 Å². The van der Waals surface area contributed by atoms with Gasteiger partial charge in [0.15, 0.2) is 0 Å². The number of halogens is 1. The van der Waals surface area contributed by atoms with E-state index in [9.17, 15) is 9.59 Å². The Hall–Kier alpha value is -1.54. The van der Waals surface area contributed by atoms with Gasteiger partial charge < -0.3 is 16.0 Å². The first kappa shape index (κ1) is 20.8. The van der Waals surface area contributed by atoms with Crippen molar-refractivity contribution in [2.24, 2.45) is 5.73 Å². The Bertz CT molecular complexity index is 715. The number of likely N-dealkylation sites (tertiary alicyclic amines) is 1. The highest BCUT2D eigenvalue weighted by molar-refractivity contribution is 8.01. The molecule has 1 aromatic heterocycles. The molecule has 1 saturated heterocycles. The molecule has 5 nitrogen and oxygen atoms in total. The van der Waals surface area contributed by atoms with Gasteiger partial charge in [-0.1, -0.05) is 6.07 Å². The standard InChI is InChI=1S/C18H21N3O2S2.ClH/c19-14-7-9-21(10-8-14)18(23)13-3-5-15(6-4-13)20-16(22)12-25-17-2-1-11-24-17;/h1-6,11,14H,7-10,12,19H2,(H,20,22);1H. The number of thiophene rings is 1. The van der Waals surface area contributed by atoms with Crippen molar-refractivity contribution < 1.29 is 9.59 Å². The average Bonchev–Trinajstić information content (AvgIpc) is 3.14. The molecule has 1 aromatic carbocycles. The third-order valence-electron chi connectivity index (χ3n) is 4.08. The van der Waals surface area contributed by atoms with E-state index in [1.54, 1.807) is 35.6 Å². The molecule has 3 N–H and O–H groups in total. The van der Waals surface area contributed by atoms with Crippen molar-refractivity contribution in [1.29, 1.82) is 0 Å². The van der Waals surface area contributed by atoms with E-state index in [1.807, 2.05) is 22.4 Å². The van der Waals surface area contributed by atoms with Crippen LogP contribution in [0.2, 0.25) is 0 Å². The van der Waals surface area contributed by atoms with Crippen LogP contribution in [0, 0.1) is 0 Å². The highest BCUT2D eigenvalue weighted by atomic mass is 35.5. The van der Waals surface area contributed by atoms with Crippen LogP contribution in [-0.4, -0.2) is 41.6 Å². The van der Waals surface area contributed by atoms with E-state index in [4.69, 9.17) is 5.73 Å². The van der Waals surface area contributed by atoms with Crippen LogP contribution in [0.3, 0.4) is 0 Å². The lowest BCUT2D eigenvalue weighted by atomic mass is 10.0. The smallest absolute Gasteiger partial charge is 0.253 e. The highest BCUT2D eigenvalue weighted by Gasteiger charge is 2.21. The number of hydrogen-bond donors (Lipinski definition) is 2. The lowest BCUT2D eigenvalue weighted by molar-refractivity contribution is -0.113. The maximum Gasteiger partial charge on any atom is 0.253 e. The maximum absolute atomic E-state index is 12.5. The molecule has 0 spiro atoms. The summed E-state index contributed by atoms with van der Waals surface area (Å²) in [6, 6.07) is 11.2. The Kier molecular flexibility index (Phi) is 7.96. The molecule has 2 aromatic rings. The van der Waals surface area contributed by atoms with Gasteiger partial charge in [0, 0.05) is 30.4 Å². The fourth-order valence-electron chi connectivity index (χ4n) is 2.66. The first-order valence-electron chi connectivity index (χ1n) is 8.23. The molecule has 0 bridgehead atoms. The number of nitrogens with zero attached hydrogens (tertiary/aromatic N) is 1. The second-order valence-corrected chi connectivity index (χ2v) is 8.20. The second-order valence-electron chi connectivity index (χ2n) is 5.98. The summed E-state index contributed by atoms with van der Waals surface area (Å²) in [7, 11) is 0. The van der Waals surface area contributed by atoms with Crippen molar-refractivity contribution in [3.8, 4) is 0 Å². The normalized spacial score (nSPS) is 14.6. The third kappa shape index (κ3) is 5.74. The van der Waals surface area contributed by atoms with Crippen LogP contribution < -0.4 is 11.1 Å². The minimum atomic E-state index is -0.0532. The van der Waals surface area contributed by atoms with E-state index < -0.39 is 0 Å². The molecule has 1 aliphatic heterocycles. The molecule has 0 saturated carbocycles. The van der Waals surface area contributed by atoms with Crippen LogP contribution in [-0.2, 0) is 4.79 Å². The molecule has 8 heteroatoms. The number of carbonyl (C=O) groups is 2. The number of hydrogen-bond acceptors (Lipinski definition) is 5. The largest absolute Gasteiger partial charge is 0.339 e. The van der Waals surface area contributed by atoms with Gasteiger partial charge >= 0.3 is 0 Å². The van der Waals surface area contributed by atoms with Crippen LogP contribution in [0.25, 0.3) is 0 Å². The SMILES string of the molecule is Cl.NC1CCN(C(=O)c2ccc(NC(=O)CSc3cccs3)cc2)CC1. The number of amides is 2. The van der Waals surface area contributed by atoms with Crippen molar-refractivity contribution in [2.45, 2.75) is 23.1 Å². The van der Waals surface area contributed by atoms with Gasteiger partial charge in [0.25, 0.3) is 5.91 Å². The molecular formula is C18H22ClN3O2S2. The molecule has 1 fully saturated rings. The first-order valence-corrected chi connectivity index (χ1v) is 10.1. The Morgan fingerprint density at radius 2 is 1.88 bits per heavy atom. The van der Waals surface area contributed by atoms with E-state index in [-0.39, 0.29) is 30.3 Å². The van der Waals surface area contributed by atoms with Crippen LogP contribution in [0.5, 0.6) is 0 Å². The number of carbonyl (C=O) groups excluding carboxylic acids is 2. The molecule has 140 valence electrons. The summed E-state index contributed by atoms with van der Waals surface area (Å²) in [5, 5.41) is 4.85. The minimum absolute atomic E-state index is 0. The van der Waals surface area contributed by atoms with Gasteiger partial charge in [-0.3, -0.25) is 9.59 Å². The number of anilines is 1. The molecule has 3 rings (SSSR count). The van der Waals surface area contributed by atoms with Crippen molar-refractivity contribution in [3.05, 3.63) is 47.3 Å². The zero-order valence-corrected chi connectivity index (χ0v) is 16.7. The van der Waals surface area contributed by atoms with Gasteiger partial charge in [-0.15, -0.1) is 35.5 Å². The lowest BCUT2D eigenvalue weighted by Gasteiger charge is -2.30. The summed E-state index contributed by atoms with van der Waals surface area (Å²) in [6.45, 7) is 1.41. The second kappa shape index (κ2) is 9.97. The number of thioether (sulfide) groups is 1. The quantitative estimate of drug-likeness (QED) is 0.738. The highest BCUT2D eigenvalue weighted by Crippen LogP contribution is 2.23. The summed E-state index contributed by atoms with van der Waals surface area (Å²) >= 11 is 3.14. The number of rotatable bonds is 5. The monoisotopic (exact) mass is 411 g/mol. The summed E-state index contributed by atoms with van der Waals surface area (Å²) in [4.78, 5) is 26.3. The number of nitrogens with one attached hydrogen (secondary N) is 1. The summed E-state index contributed by atoms with van der Waals surface area (Å²) in [6.07, 6.45) is 1.70. The number of piperidine rings is 1. The molecule has 0 unspecified atom stereocenters. The van der Waals surface area contributed by atoms with Crippen molar-refractivity contribution in [2.75, 3.05) is 24.2 Å². The molecule has 0 radical (unpaired) electrons. The van der Waals surface area contributed by atoms with E-state index in [1.165, 1.54) is 11.8 Å². The molecule has 1 aliphatic rings. The Labute approximate surface area is 167 Å².